The predicted molar refractivity (Wildman–Crippen MR) is 110 cm³/mol. The molecule has 3 rings (SSSR count). The van der Waals surface area contributed by atoms with Crippen LogP contribution in [0.25, 0.3) is 10.1 Å². The van der Waals surface area contributed by atoms with Gasteiger partial charge < -0.3 is 4.74 Å². The smallest absolute Gasteiger partial charge is 0.281 e. The molecule has 0 radical (unpaired) electrons. The van der Waals surface area contributed by atoms with E-state index in [0.717, 1.165) is 22.4 Å². The van der Waals surface area contributed by atoms with Gasteiger partial charge in [0.1, 0.15) is 5.75 Å². The van der Waals surface area contributed by atoms with Gasteiger partial charge in [-0.1, -0.05) is 6.92 Å². The molecular weight excluding hydrogens is 378 g/mol. The van der Waals surface area contributed by atoms with E-state index in [9.17, 15) is 14.9 Å². The summed E-state index contributed by atoms with van der Waals surface area (Å²) >= 11 is 1.26. The van der Waals surface area contributed by atoms with Crippen LogP contribution in [-0.4, -0.2) is 23.1 Å². The quantitative estimate of drug-likeness (QED) is 0.354. The van der Waals surface area contributed by atoms with E-state index in [1.807, 2.05) is 31.2 Å². The lowest BCUT2D eigenvalue weighted by molar-refractivity contribution is -0.384. The summed E-state index contributed by atoms with van der Waals surface area (Å²) < 4.78 is 6.52. The van der Waals surface area contributed by atoms with Gasteiger partial charge in [0.05, 0.1) is 22.1 Å². The lowest BCUT2D eigenvalue weighted by Gasteiger charge is -2.12. The van der Waals surface area contributed by atoms with Crippen LogP contribution in [0, 0.1) is 10.1 Å². The Kier molecular flexibility index (Phi) is 6.00. The van der Waals surface area contributed by atoms with Gasteiger partial charge in [-0.05, 0) is 55.3 Å². The molecule has 0 aliphatic heterocycles. The minimum Gasteiger partial charge on any atom is -0.491 e. The van der Waals surface area contributed by atoms with E-state index in [-0.39, 0.29) is 17.7 Å². The van der Waals surface area contributed by atoms with Crippen molar-refractivity contribution in [1.82, 2.24) is 5.43 Å². The topological polar surface area (TPSA) is 93.8 Å². The first-order valence-electron chi connectivity index (χ1n) is 8.74. The second kappa shape index (κ2) is 8.62. The standard InChI is InChI=1S/C20H19N3O4S/c1-3-13(2)27-17-7-4-14(5-8-17)12-21-22-20(24)19-11-15-10-16(23(25)26)6-9-18(15)28-19/h4-13H,3H2,1-2H3,(H,22,24)/b21-12-/t13-/m1/s1. The zero-order valence-corrected chi connectivity index (χ0v) is 16.2. The maximum absolute atomic E-state index is 12.3. The third-order valence-corrected chi connectivity index (χ3v) is 5.22. The molecule has 0 saturated heterocycles. The van der Waals surface area contributed by atoms with Gasteiger partial charge in [-0.25, -0.2) is 5.43 Å². The van der Waals surface area contributed by atoms with Crippen molar-refractivity contribution in [2.75, 3.05) is 0 Å². The van der Waals surface area contributed by atoms with Gasteiger partial charge >= 0.3 is 0 Å². The van der Waals surface area contributed by atoms with E-state index in [1.165, 1.54) is 23.5 Å². The van der Waals surface area contributed by atoms with E-state index in [2.05, 4.69) is 17.5 Å². The minimum absolute atomic E-state index is 0.00367. The lowest BCUT2D eigenvalue weighted by atomic mass is 10.2. The Morgan fingerprint density at radius 2 is 2.04 bits per heavy atom. The van der Waals surface area contributed by atoms with Gasteiger partial charge in [-0.2, -0.15) is 5.10 Å². The lowest BCUT2D eigenvalue weighted by Crippen LogP contribution is -2.16. The molecule has 1 N–H and O–H groups in total. The molecule has 0 saturated carbocycles. The first-order valence-corrected chi connectivity index (χ1v) is 9.56. The molecule has 1 heterocycles. The average Bonchev–Trinajstić information content (AvgIpc) is 3.12. The first kappa shape index (κ1) is 19.5. The Morgan fingerprint density at radius 1 is 1.29 bits per heavy atom. The fraction of sp³-hybridized carbons (Fsp3) is 0.200. The molecule has 0 aliphatic rings. The Labute approximate surface area is 165 Å². The minimum atomic E-state index is -0.458. The van der Waals surface area contributed by atoms with Gasteiger partial charge in [0.15, 0.2) is 0 Å². The summed E-state index contributed by atoms with van der Waals surface area (Å²) in [4.78, 5) is 23.1. The Hall–Kier alpha value is -3.26. The first-order chi connectivity index (χ1) is 13.5. The molecule has 1 aromatic heterocycles. The number of ether oxygens (including phenoxy) is 1. The molecule has 0 spiro atoms. The average molecular weight is 397 g/mol. The van der Waals surface area contributed by atoms with Gasteiger partial charge in [-0.15, -0.1) is 11.3 Å². The number of amides is 1. The second-order valence-electron chi connectivity index (χ2n) is 6.19. The molecule has 0 aliphatic carbocycles. The summed E-state index contributed by atoms with van der Waals surface area (Å²) in [6.45, 7) is 4.07. The SMILES string of the molecule is CC[C@@H](C)Oc1ccc(/C=N\NC(=O)c2cc3cc([N+](=O)[O-])ccc3s2)cc1. The number of non-ortho nitro benzene ring substituents is 1. The number of rotatable bonds is 7. The summed E-state index contributed by atoms with van der Waals surface area (Å²) in [6.07, 6.45) is 2.63. The molecule has 0 bridgehead atoms. The Balaban J connectivity index is 1.63. The summed E-state index contributed by atoms with van der Waals surface area (Å²) in [6, 6.07) is 13.6. The number of carbonyl (C=O) groups excluding carboxylic acids is 1. The maximum Gasteiger partial charge on any atom is 0.281 e. The summed E-state index contributed by atoms with van der Waals surface area (Å²) in [5.74, 6) is 0.423. The molecular formula is C20H19N3O4S. The van der Waals surface area contributed by atoms with Crippen molar-refractivity contribution in [3.8, 4) is 5.75 Å². The number of carbonyl (C=O) groups is 1. The molecule has 2 aromatic carbocycles. The number of hydrogen-bond acceptors (Lipinski definition) is 6. The van der Waals surface area contributed by atoms with E-state index in [0.29, 0.717) is 10.3 Å². The van der Waals surface area contributed by atoms with E-state index < -0.39 is 4.92 Å². The van der Waals surface area contributed by atoms with Gasteiger partial charge in [0.2, 0.25) is 0 Å². The van der Waals surface area contributed by atoms with Crippen LogP contribution in [0.15, 0.2) is 53.6 Å². The molecule has 3 aromatic rings. The van der Waals surface area contributed by atoms with E-state index in [1.54, 1.807) is 18.3 Å². The number of hydrogen-bond donors (Lipinski definition) is 1. The van der Waals surface area contributed by atoms with Crippen molar-refractivity contribution in [3.05, 3.63) is 69.1 Å². The number of nitro benzene ring substituents is 1. The van der Waals surface area contributed by atoms with Crippen LogP contribution in [-0.2, 0) is 0 Å². The van der Waals surface area contributed by atoms with E-state index in [4.69, 9.17) is 4.74 Å². The largest absolute Gasteiger partial charge is 0.491 e. The number of nitrogens with one attached hydrogen (secondary N) is 1. The highest BCUT2D eigenvalue weighted by Gasteiger charge is 2.12. The predicted octanol–water partition coefficient (Wildman–Crippen LogP) is 4.75. The number of thiophene rings is 1. The van der Waals surface area contributed by atoms with Crippen LogP contribution in [0.1, 0.15) is 35.5 Å². The van der Waals surface area contributed by atoms with Crippen LogP contribution in [0.3, 0.4) is 0 Å². The van der Waals surface area contributed by atoms with Crippen molar-refractivity contribution in [1.29, 1.82) is 0 Å². The van der Waals surface area contributed by atoms with Crippen LogP contribution in [0.4, 0.5) is 5.69 Å². The van der Waals surface area contributed by atoms with Crippen molar-refractivity contribution >= 4 is 39.2 Å². The molecule has 0 unspecified atom stereocenters. The normalized spacial score (nSPS) is 12.2. The second-order valence-corrected chi connectivity index (χ2v) is 7.28. The highest BCUT2D eigenvalue weighted by Crippen LogP contribution is 2.28. The number of nitrogens with zero attached hydrogens (tertiary/aromatic N) is 2. The molecule has 28 heavy (non-hydrogen) atoms. The number of benzene rings is 2. The monoisotopic (exact) mass is 397 g/mol. The highest BCUT2D eigenvalue weighted by molar-refractivity contribution is 7.20. The van der Waals surface area contributed by atoms with Gasteiger partial charge in [0, 0.05) is 22.2 Å². The third-order valence-electron chi connectivity index (χ3n) is 4.11. The van der Waals surface area contributed by atoms with Crippen LogP contribution >= 0.6 is 11.3 Å². The zero-order valence-electron chi connectivity index (χ0n) is 15.4. The third kappa shape index (κ3) is 4.72. The summed E-state index contributed by atoms with van der Waals surface area (Å²) in [7, 11) is 0. The molecule has 8 heteroatoms. The van der Waals surface area contributed by atoms with Crippen molar-refractivity contribution in [2.45, 2.75) is 26.4 Å². The van der Waals surface area contributed by atoms with Crippen LogP contribution in [0.2, 0.25) is 0 Å². The van der Waals surface area contributed by atoms with Crippen LogP contribution in [0.5, 0.6) is 5.75 Å². The fourth-order valence-corrected chi connectivity index (χ4v) is 3.36. The number of nitro groups is 1. The van der Waals surface area contributed by atoms with E-state index >= 15 is 0 Å². The van der Waals surface area contributed by atoms with Crippen molar-refractivity contribution < 1.29 is 14.5 Å². The Morgan fingerprint density at radius 3 is 2.71 bits per heavy atom. The number of fused-ring (bicyclic) bond motifs is 1. The molecule has 1 atom stereocenters. The van der Waals surface area contributed by atoms with Gasteiger partial charge in [-0.3, -0.25) is 14.9 Å². The molecule has 0 fully saturated rings. The molecule has 1 amide bonds. The Bertz CT molecular complexity index is 1030. The number of hydrazone groups is 1. The summed E-state index contributed by atoms with van der Waals surface area (Å²) in [5.41, 5.74) is 3.30. The maximum atomic E-state index is 12.3. The molecule has 144 valence electrons. The molecule has 7 nitrogen and oxygen atoms in total. The van der Waals surface area contributed by atoms with Gasteiger partial charge in [0.25, 0.3) is 11.6 Å². The fourth-order valence-electron chi connectivity index (χ4n) is 2.42. The zero-order chi connectivity index (χ0) is 20.1. The summed E-state index contributed by atoms with van der Waals surface area (Å²) in [5, 5.41) is 15.5. The van der Waals surface area contributed by atoms with Crippen LogP contribution < -0.4 is 10.2 Å². The van der Waals surface area contributed by atoms with Crippen molar-refractivity contribution in [3.63, 3.8) is 0 Å². The highest BCUT2D eigenvalue weighted by atomic mass is 32.1. The van der Waals surface area contributed by atoms with Crippen molar-refractivity contribution in [2.24, 2.45) is 5.10 Å².